The number of nitrogens with one attached hydrogen (secondary N) is 1. The third kappa shape index (κ3) is 4.89. The SMILES string of the molecule is CCN(Cc1ccccc1OC(F)(F)F)C1CCNCC1. The van der Waals surface area contributed by atoms with Crippen molar-refractivity contribution in [3.63, 3.8) is 0 Å². The molecule has 0 aromatic heterocycles. The van der Waals surface area contributed by atoms with Gasteiger partial charge in [0.2, 0.25) is 0 Å². The fraction of sp³-hybridized carbons (Fsp3) is 0.600. The zero-order valence-corrected chi connectivity index (χ0v) is 12.1. The second-order valence-electron chi connectivity index (χ2n) is 5.20. The summed E-state index contributed by atoms with van der Waals surface area (Å²) in [6, 6.07) is 6.79. The number of ether oxygens (including phenoxy) is 1. The average Bonchev–Trinajstić information content (AvgIpc) is 2.45. The van der Waals surface area contributed by atoms with Gasteiger partial charge in [0.15, 0.2) is 0 Å². The number of halogens is 3. The van der Waals surface area contributed by atoms with E-state index in [0.717, 1.165) is 32.5 Å². The van der Waals surface area contributed by atoms with Gasteiger partial charge in [-0.2, -0.15) is 0 Å². The highest BCUT2D eigenvalue weighted by atomic mass is 19.4. The first-order valence-corrected chi connectivity index (χ1v) is 7.28. The van der Waals surface area contributed by atoms with Crippen molar-refractivity contribution in [1.29, 1.82) is 0 Å². The van der Waals surface area contributed by atoms with Gasteiger partial charge in [-0.3, -0.25) is 4.90 Å². The van der Waals surface area contributed by atoms with E-state index in [9.17, 15) is 13.2 Å². The average molecular weight is 302 g/mol. The van der Waals surface area contributed by atoms with E-state index in [2.05, 4.69) is 15.0 Å². The second-order valence-corrected chi connectivity index (χ2v) is 5.20. The molecule has 0 aliphatic carbocycles. The van der Waals surface area contributed by atoms with E-state index in [1.807, 2.05) is 6.92 Å². The number of hydrogen-bond donors (Lipinski definition) is 1. The molecule has 1 fully saturated rings. The Bertz CT molecular complexity index is 445. The normalized spacial score (nSPS) is 17.2. The molecule has 1 aliphatic rings. The van der Waals surface area contributed by atoms with Gasteiger partial charge in [0.1, 0.15) is 5.75 Å². The lowest BCUT2D eigenvalue weighted by molar-refractivity contribution is -0.275. The molecular formula is C15H21F3N2O. The van der Waals surface area contributed by atoms with Crippen molar-refractivity contribution in [2.75, 3.05) is 19.6 Å². The van der Waals surface area contributed by atoms with Gasteiger partial charge < -0.3 is 10.1 Å². The lowest BCUT2D eigenvalue weighted by Crippen LogP contribution is -2.42. The molecule has 1 aliphatic heterocycles. The van der Waals surface area contributed by atoms with Crippen molar-refractivity contribution in [2.24, 2.45) is 0 Å². The molecule has 0 amide bonds. The van der Waals surface area contributed by atoms with Crippen molar-refractivity contribution in [1.82, 2.24) is 10.2 Å². The van der Waals surface area contributed by atoms with Crippen LogP contribution in [-0.4, -0.2) is 36.9 Å². The number of hydrogen-bond acceptors (Lipinski definition) is 3. The van der Waals surface area contributed by atoms with Crippen molar-refractivity contribution >= 4 is 0 Å². The predicted molar refractivity (Wildman–Crippen MR) is 75.1 cm³/mol. The zero-order chi connectivity index (χ0) is 15.3. The van der Waals surface area contributed by atoms with Crippen LogP contribution in [0.25, 0.3) is 0 Å². The summed E-state index contributed by atoms with van der Waals surface area (Å²) in [5.41, 5.74) is 0.579. The van der Waals surface area contributed by atoms with Crippen LogP contribution in [0.15, 0.2) is 24.3 Å². The number of rotatable bonds is 5. The summed E-state index contributed by atoms with van der Waals surface area (Å²) in [6.45, 7) is 5.25. The van der Waals surface area contributed by atoms with E-state index in [-0.39, 0.29) is 5.75 Å². The quantitative estimate of drug-likeness (QED) is 0.904. The highest BCUT2D eigenvalue weighted by Gasteiger charge is 2.32. The largest absolute Gasteiger partial charge is 0.573 e. The Morgan fingerprint density at radius 3 is 2.52 bits per heavy atom. The summed E-state index contributed by atoms with van der Waals surface area (Å²) in [4.78, 5) is 2.22. The Labute approximate surface area is 123 Å². The van der Waals surface area contributed by atoms with Crippen LogP contribution in [0.1, 0.15) is 25.3 Å². The molecule has 3 nitrogen and oxygen atoms in total. The van der Waals surface area contributed by atoms with E-state index in [1.165, 1.54) is 6.07 Å². The molecule has 0 atom stereocenters. The van der Waals surface area contributed by atoms with Crippen molar-refractivity contribution in [2.45, 2.75) is 38.7 Å². The van der Waals surface area contributed by atoms with Crippen LogP contribution in [-0.2, 0) is 6.54 Å². The van der Waals surface area contributed by atoms with Gasteiger partial charge in [-0.05, 0) is 38.5 Å². The smallest absolute Gasteiger partial charge is 0.405 e. The van der Waals surface area contributed by atoms with Crippen LogP contribution >= 0.6 is 0 Å². The molecule has 1 heterocycles. The third-order valence-electron chi connectivity index (χ3n) is 3.80. The lowest BCUT2D eigenvalue weighted by Gasteiger charge is -2.34. The molecule has 1 aromatic carbocycles. The van der Waals surface area contributed by atoms with Crippen molar-refractivity contribution in [3.05, 3.63) is 29.8 Å². The Balaban J connectivity index is 2.09. The van der Waals surface area contributed by atoms with E-state index < -0.39 is 6.36 Å². The molecular weight excluding hydrogens is 281 g/mol. The highest BCUT2D eigenvalue weighted by molar-refractivity contribution is 5.33. The van der Waals surface area contributed by atoms with Crippen LogP contribution < -0.4 is 10.1 Å². The minimum absolute atomic E-state index is 0.0996. The number of piperidine rings is 1. The van der Waals surface area contributed by atoms with Crippen LogP contribution in [0.2, 0.25) is 0 Å². The summed E-state index contributed by atoms with van der Waals surface area (Å²) >= 11 is 0. The summed E-state index contributed by atoms with van der Waals surface area (Å²) < 4.78 is 41.5. The topological polar surface area (TPSA) is 24.5 Å². The van der Waals surface area contributed by atoms with Gasteiger partial charge in [-0.1, -0.05) is 25.1 Å². The minimum atomic E-state index is -4.65. The Morgan fingerprint density at radius 1 is 1.24 bits per heavy atom. The zero-order valence-electron chi connectivity index (χ0n) is 12.1. The molecule has 118 valence electrons. The van der Waals surface area contributed by atoms with Crippen molar-refractivity contribution < 1.29 is 17.9 Å². The number of benzene rings is 1. The van der Waals surface area contributed by atoms with E-state index >= 15 is 0 Å². The molecule has 0 spiro atoms. The Kier molecular flexibility index (Phi) is 5.47. The maximum absolute atomic E-state index is 12.5. The molecule has 21 heavy (non-hydrogen) atoms. The first-order valence-electron chi connectivity index (χ1n) is 7.28. The molecule has 0 bridgehead atoms. The molecule has 1 aromatic rings. The van der Waals surface area contributed by atoms with Gasteiger partial charge in [0.05, 0.1) is 0 Å². The number of para-hydroxylation sites is 1. The molecule has 1 N–H and O–H groups in total. The fourth-order valence-electron chi connectivity index (χ4n) is 2.75. The predicted octanol–water partition coefficient (Wildman–Crippen LogP) is 3.16. The summed E-state index contributed by atoms with van der Waals surface area (Å²) in [6.07, 6.45) is -2.60. The van der Waals surface area contributed by atoms with Gasteiger partial charge in [0.25, 0.3) is 0 Å². The van der Waals surface area contributed by atoms with Crippen LogP contribution in [0, 0.1) is 0 Å². The summed E-state index contributed by atoms with van der Waals surface area (Å²) in [7, 11) is 0. The number of alkyl halides is 3. The third-order valence-corrected chi connectivity index (χ3v) is 3.80. The summed E-state index contributed by atoms with van der Waals surface area (Å²) in [5, 5.41) is 3.30. The first-order chi connectivity index (χ1) is 9.99. The van der Waals surface area contributed by atoms with Gasteiger partial charge in [-0.15, -0.1) is 13.2 Å². The maximum atomic E-state index is 12.5. The Hall–Kier alpha value is -1.27. The molecule has 1 saturated heterocycles. The molecule has 2 rings (SSSR count). The minimum Gasteiger partial charge on any atom is -0.405 e. The highest BCUT2D eigenvalue weighted by Crippen LogP contribution is 2.28. The first kappa shape index (κ1) is 16.1. The van der Waals surface area contributed by atoms with Gasteiger partial charge >= 0.3 is 6.36 Å². The van der Waals surface area contributed by atoms with E-state index in [1.54, 1.807) is 18.2 Å². The van der Waals surface area contributed by atoms with Crippen LogP contribution in [0.3, 0.4) is 0 Å². The van der Waals surface area contributed by atoms with E-state index in [0.29, 0.717) is 18.2 Å². The van der Waals surface area contributed by atoms with Crippen molar-refractivity contribution in [3.8, 4) is 5.75 Å². The van der Waals surface area contributed by atoms with E-state index in [4.69, 9.17) is 0 Å². The molecule has 0 unspecified atom stereocenters. The second kappa shape index (κ2) is 7.13. The van der Waals surface area contributed by atoms with Gasteiger partial charge in [0, 0.05) is 18.2 Å². The van der Waals surface area contributed by atoms with Gasteiger partial charge in [-0.25, -0.2) is 0 Å². The lowest BCUT2D eigenvalue weighted by atomic mass is 10.0. The molecule has 0 radical (unpaired) electrons. The van der Waals surface area contributed by atoms with Crippen LogP contribution in [0.5, 0.6) is 5.75 Å². The molecule has 0 saturated carbocycles. The summed E-state index contributed by atoms with van der Waals surface area (Å²) in [5.74, 6) is -0.0996. The number of nitrogens with zero attached hydrogens (tertiary/aromatic N) is 1. The monoisotopic (exact) mass is 302 g/mol. The van der Waals surface area contributed by atoms with Crippen LogP contribution in [0.4, 0.5) is 13.2 Å². The standard InChI is InChI=1S/C15H21F3N2O/c1-2-20(13-7-9-19-10-8-13)11-12-5-3-4-6-14(12)21-15(16,17)18/h3-6,13,19H,2,7-11H2,1H3. The maximum Gasteiger partial charge on any atom is 0.573 e. The fourth-order valence-corrected chi connectivity index (χ4v) is 2.75. The molecule has 6 heteroatoms. The Morgan fingerprint density at radius 2 is 1.90 bits per heavy atom.